The molecule has 0 aromatic carbocycles. The fourth-order valence-electron chi connectivity index (χ4n) is 3.07. The SMILES string of the molecule is CC1(C(=O)O)COCC1Nc1ncnc2c1CCCCC2. The Labute approximate surface area is 123 Å². The number of rotatable bonds is 3. The number of ether oxygens (including phenoxy) is 1. The summed E-state index contributed by atoms with van der Waals surface area (Å²) in [7, 11) is 0. The molecule has 0 saturated carbocycles. The second-order valence-electron chi connectivity index (χ2n) is 6.14. The molecule has 1 aromatic heterocycles. The van der Waals surface area contributed by atoms with Crippen LogP contribution in [0.15, 0.2) is 6.33 Å². The lowest BCUT2D eigenvalue weighted by Gasteiger charge is -2.27. The van der Waals surface area contributed by atoms with E-state index in [2.05, 4.69) is 15.3 Å². The third-order valence-electron chi connectivity index (χ3n) is 4.63. The smallest absolute Gasteiger partial charge is 0.313 e. The van der Waals surface area contributed by atoms with Crippen LogP contribution >= 0.6 is 0 Å². The highest BCUT2D eigenvalue weighted by molar-refractivity contribution is 5.76. The summed E-state index contributed by atoms with van der Waals surface area (Å²) in [4.78, 5) is 20.3. The topological polar surface area (TPSA) is 84.3 Å². The highest BCUT2D eigenvalue weighted by atomic mass is 16.5. The van der Waals surface area contributed by atoms with E-state index in [1.807, 2.05) is 0 Å². The van der Waals surface area contributed by atoms with Crippen LogP contribution in [0.3, 0.4) is 0 Å². The monoisotopic (exact) mass is 291 g/mol. The van der Waals surface area contributed by atoms with Gasteiger partial charge in [-0.15, -0.1) is 0 Å². The zero-order valence-corrected chi connectivity index (χ0v) is 12.3. The molecule has 0 amide bonds. The van der Waals surface area contributed by atoms with Crippen LogP contribution in [0, 0.1) is 5.41 Å². The molecule has 1 aromatic rings. The number of fused-ring (bicyclic) bond motifs is 1. The van der Waals surface area contributed by atoms with E-state index in [-0.39, 0.29) is 12.6 Å². The van der Waals surface area contributed by atoms with Crippen molar-refractivity contribution in [3.05, 3.63) is 17.6 Å². The van der Waals surface area contributed by atoms with Crippen LogP contribution in [0.25, 0.3) is 0 Å². The summed E-state index contributed by atoms with van der Waals surface area (Å²) in [6.45, 7) is 2.34. The number of aryl methyl sites for hydroxylation is 1. The lowest BCUT2D eigenvalue weighted by atomic mass is 9.85. The molecule has 21 heavy (non-hydrogen) atoms. The summed E-state index contributed by atoms with van der Waals surface area (Å²) in [5.74, 6) is -0.0532. The Morgan fingerprint density at radius 1 is 1.38 bits per heavy atom. The van der Waals surface area contributed by atoms with E-state index in [0.717, 1.165) is 42.8 Å². The van der Waals surface area contributed by atoms with Gasteiger partial charge in [0.1, 0.15) is 17.6 Å². The molecule has 1 aliphatic heterocycles. The summed E-state index contributed by atoms with van der Waals surface area (Å²) in [5, 5.41) is 12.8. The standard InChI is InChI=1S/C15H21N3O3/c1-15(14(19)20)8-21-7-12(15)18-13-10-5-3-2-4-6-11(10)16-9-17-13/h9,12H,2-8H2,1H3,(H,19,20)(H,16,17,18). The van der Waals surface area contributed by atoms with Crippen LogP contribution in [0.4, 0.5) is 5.82 Å². The first-order valence-corrected chi connectivity index (χ1v) is 7.51. The third kappa shape index (κ3) is 2.60. The van der Waals surface area contributed by atoms with Gasteiger partial charge >= 0.3 is 5.97 Å². The van der Waals surface area contributed by atoms with Crippen molar-refractivity contribution in [2.24, 2.45) is 5.41 Å². The zero-order chi connectivity index (χ0) is 14.9. The maximum absolute atomic E-state index is 11.5. The van der Waals surface area contributed by atoms with Gasteiger partial charge < -0.3 is 15.2 Å². The largest absolute Gasteiger partial charge is 0.481 e. The summed E-state index contributed by atoms with van der Waals surface area (Å²) >= 11 is 0. The number of hydrogen-bond donors (Lipinski definition) is 2. The Hall–Kier alpha value is -1.69. The third-order valence-corrected chi connectivity index (χ3v) is 4.63. The molecule has 2 heterocycles. The van der Waals surface area contributed by atoms with Gasteiger partial charge in [0.05, 0.1) is 19.3 Å². The Morgan fingerprint density at radius 3 is 3.00 bits per heavy atom. The zero-order valence-electron chi connectivity index (χ0n) is 12.3. The quantitative estimate of drug-likeness (QED) is 0.824. The number of aromatic nitrogens is 2. The van der Waals surface area contributed by atoms with E-state index in [1.165, 1.54) is 6.42 Å². The molecule has 2 atom stereocenters. The molecule has 2 unspecified atom stereocenters. The van der Waals surface area contributed by atoms with Crippen molar-refractivity contribution in [2.75, 3.05) is 18.5 Å². The molecule has 2 N–H and O–H groups in total. The van der Waals surface area contributed by atoms with Crippen molar-refractivity contribution in [3.63, 3.8) is 0 Å². The number of nitrogens with one attached hydrogen (secondary N) is 1. The number of carboxylic acid groups (broad SMARTS) is 1. The van der Waals surface area contributed by atoms with E-state index in [0.29, 0.717) is 6.61 Å². The van der Waals surface area contributed by atoms with E-state index >= 15 is 0 Å². The van der Waals surface area contributed by atoms with Gasteiger partial charge in [-0.1, -0.05) is 6.42 Å². The van der Waals surface area contributed by atoms with Crippen LogP contribution < -0.4 is 5.32 Å². The number of anilines is 1. The molecule has 6 heteroatoms. The second kappa shape index (κ2) is 5.60. The van der Waals surface area contributed by atoms with Gasteiger partial charge in [0.2, 0.25) is 0 Å². The summed E-state index contributed by atoms with van der Waals surface area (Å²) in [6.07, 6.45) is 6.99. The highest BCUT2D eigenvalue weighted by Crippen LogP contribution is 2.32. The number of carboxylic acids is 1. The van der Waals surface area contributed by atoms with Gasteiger partial charge in [-0.05, 0) is 32.6 Å². The van der Waals surface area contributed by atoms with Crippen molar-refractivity contribution in [1.82, 2.24) is 9.97 Å². The molecule has 0 radical (unpaired) electrons. The molecule has 1 saturated heterocycles. The van der Waals surface area contributed by atoms with Crippen LogP contribution in [-0.4, -0.2) is 40.3 Å². The first-order chi connectivity index (χ1) is 10.1. The second-order valence-corrected chi connectivity index (χ2v) is 6.14. The minimum Gasteiger partial charge on any atom is -0.481 e. The van der Waals surface area contributed by atoms with Crippen molar-refractivity contribution in [3.8, 4) is 0 Å². The lowest BCUT2D eigenvalue weighted by Crippen LogP contribution is -2.43. The molecule has 3 rings (SSSR count). The fraction of sp³-hybridized carbons (Fsp3) is 0.667. The normalized spacial score (nSPS) is 28.7. The van der Waals surface area contributed by atoms with Crippen molar-refractivity contribution in [1.29, 1.82) is 0 Å². The Bertz CT molecular complexity index is 549. The summed E-state index contributed by atoms with van der Waals surface area (Å²) in [5.41, 5.74) is 1.33. The number of nitrogens with zero attached hydrogens (tertiary/aromatic N) is 2. The van der Waals surface area contributed by atoms with Gasteiger partial charge in [-0.2, -0.15) is 0 Å². The Kier molecular flexibility index (Phi) is 3.80. The summed E-state index contributed by atoms with van der Waals surface area (Å²) < 4.78 is 5.39. The van der Waals surface area contributed by atoms with Crippen molar-refractivity contribution < 1.29 is 14.6 Å². The first kappa shape index (κ1) is 14.3. The number of carbonyl (C=O) groups is 1. The van der Waals surface area contributed by atoms with Gasteiger partial charge in [0.25, 0.3) is 0 Å². The maximum Gasteiger partial charge on any atom is 0.313 e. The van der Waals surface area contributed by atoms with Gasteiger partial charge in [0, 0.05) is 11.3 Å². The van der Waals surface area contributed by atoms with Gasteiger partial charge in [-0.3, -0.25) is 4.79 Å². The fourth-order valence-corrected chi connectivity index (χ4v) is 3.07. The molecule has 0 spiro atoms. The molecule has 6 nitrogen and oxygen atoms in total. The van der Waals surface area contributed by atoms with Crippen molar-refractivity contribution >= 4 is 11.8 Å². The molecular formula is C15H21N3O3. The van der Waals surface area contributed by atoms with E-state index in [1.54, 1.807) is 13.3 Å². The lowest BCUT2D eigenvalue weighted by molar-refractivity contribution is -0.148. The Balaban J connectivity index is 1.87. The molecule has 2 aliphatic rings. The van der Waals surface area contributed by atoms with Crippen LogP contribution in [0.2, 0.25) is 0 Å². The average molecular weight is 291 g/mol. The van der Waals surface area contributed by atoms with Crippen LogP contribution in [-0.2, 0) is 22.4 Å². The van der Waals surface area contributed by atoms with Gasteiger partial charge in [-0.25, -0.2) is 9.97 Å². The predicted octanol–water partition coefficient (Wildman–Crippen LogP) is 1.65. The molecule has 114 valence electrons. The maximum atomic E-state index is 11.5. The van der Waals surface area contributed by atoms with E-state index < -0.39 is 11.4 Å². The minimum absolute atomic E-state index is 0.229. The Morgan fingerprint density at radius 2 is 2.19 bits per heavy atom. The molecule has 1 aliphatic carbocycles. The van der Waals surface area contributed by atoms with Gasteiger partial charge in [0.15, 0.2) is 0 Å². The minimum atomic E-state index is -0.914. The number of aliphatic carboxylic acids is 1. The van der Waals surface area contributed by atoms with E-state index in [4.69, 9.17) is 4.74 Å². The first-order valence-electron chi connectivity index (χ1n) is 7.51. The number of hydrogen-bond acceptors (Lipinski definition) is 5. The molecule has 1 fully saturated rings. The average Bonchev–Trinajstić information content (AvgIpc) is 2.70. The van der Waals surface area contributed by atoms with Crippen molar-refractivity contribution in [2.45, 2.75) is 45.1 Å². The molecule has 0 bridgehead atoms. The van der Waals surface area contributed by atoms with Crippen LogP contribution in [0.5, 0.6) is 0 Å². The van der Waals surface area contributed by atoms with E-state index in [9.17, 15) is 9.90 Å². The summed E-state index contributed by atoms with van der Waals surface area (Å²) in [6, 6.07) is -0.266. The predicted molar refractivity (Wildman–Crippen MR) is 77.3 cm³/mol. The highest BCUT2D eigenvalue weighted by Gasteiger charge is 2.47. The van der Waals surface area contributed by atoms with Crippen LogP contribution in [0.1, 0.15) is 37.4 Å². The molecular weight excluding hydrogens is 270 g/mol.